The number of carboxylic acids is 2. The number of carboxylic acid groups (broad SMARTS) is 2. The predicted molar refractivity (Wildman–Crippen MR) is 29.3 cm³/mol. The number of hydrogen-bond acceptors (Lipinski definition) is 4. The minimum Gasteiger partial charge on any atom is -1.00 e. The van der Waals surface area contributed by atoms with Gasteiger partial charge in [-0.3, -0.25) is 0 Å². The van der Waals surface area contributed by atoms with Gasteiger partial charge in [0.2, 0.25) is 0 Å². The molecule has 0 aromatic rings. The topological polar surface area (TPSA) is 80.3 Å². The van der Waals surface area contributed by atoms with Crippen LogP contribution in [0.5, 0.6) is 0 Å². The monoisotopic (exact) mass is 240 g/mol. The fourth-order valence-electron chi connectivity index (χ4n) is 0. The Hall–Kier alpha value is -0.261. The Kier molecular flexibility index (Phi) is 18.8. The van der Waals surface area contributed by atoms with E-state index in [2.05, 4.69) is 0 Å². The maximum absolute atomic E-state index is 8.89. The summed E-state index contributed by atoms with van der Waals surface area (Å²) in [6, 6.07) is 0. The van der Waals surface area contributed by atoms with Gasteiger partial charge in [-0.05, 0) is 13.8 Å². The van der Waals surface area contributed by atoms with Crippen molar-refractivity contribution >= 4 is 35.8 Å². The Bertz CT molecular complexity index is 78.1. The Morgan fingerprint density at radius 3 is 1.11 bits per heavy atom. The van der Waals surface area contributed by atoms with Crippen LogP contribution in [0.2, 0.25) is 0 Å². The van der Waals surface area contributed by atoms with Crippen molar-refractivity contribution in [3.63, 3.8) is 0 Å². The molecule has 0 bridgehead atoms. The molecular formula is C4H8O4Sn. The Balaban J connectivity index is -0.0000000171. The fourth-order valence-corrected chi connectivity index (χ4v) is 0. The van der Waals surface area contributed by atoms with Crippen LogP contribution >= 0.6 is 0 Å². The van der Waals surface area contributed by atoms with E-state index in [0.717, 1.165) is 13.8 Å². The van der Waals surface area contributed by atoms with Crippen LogP contribution in [0.25, 0.3) is 0 Å². The summed E-state index contributed by atoms with van der Waals surface area (Å²) in [5.41, 5.74) is 0. The summed E-state index contributed by atoms with van der Waals surface area (Å²) < 4.78 is 0. The van der Waals surface area contributed by atoms with Crippen LogP contribution in [0.15, 0.2) is 0 Å². The third-order valence-corrected chi connectivity index (χ3v) is 0. The van der Waals surface area contributed by atoms with Crippen LogP contribution in [0, 0.1) is 0 Å². The SMILES string of the molecule is CC(=O)[O-].CC(=O)[O-].[H-].[H-].[Sn+4]. The van der Waals surface area contributed by atoms with Gasteiger partial charge in [-0.1, -0.05) is 0 Å². The molecule has 0 fully saturated rings. The second-order valence-corrected chi connectivity index (χ2v) is 0.983. The summed E-state index contributed by atoms with van der Waals surface area (Å²) in [6.07, 6.45) is 0. The van der Waals surface area contributed by atoms with Crippen LogP contribution in [0.4, 0.5) is 0 Å². The Morgan fingerprint density at radius 1 is 1.11 bits per heavy atom. The molecule has 0 atom stereocenters. The molecule has 0 rings (SSSR count). The van der Waals surface area contributed by atoms with E-state index in [0.29, 0.717) is 0 Å². The van der Waals surface area contributed by atoms with E-state index in [4.69, 9.17) is 19.8 Å². The molecule has 5 heteroatoms. The number of hydrogen-bond donors (Lipinski definition) is 0. The van der Waals surface area contributed by atoms with Gasteiger partial charge < -0.3 is 22.7 Å². The summed E-state index contributed by atoms with van der Waals surface area (Å²) in [5, 5.41) is 17.8. The van der Waals surface area contributed by atoms with Crippen molar-refractivity contribution in [2.45, 2.75) is 13.8 Å². The molecule has 0 saturated heterocycles. The normalized spacial score (nSPS) is 5.56. The van der Waals surface area contributed by atoms with E-state index in [1.165, 1.54) is 0 Å². The maximum atomic E-state index is 8.89. The molecule has 4 nitrogen and oxygen atoms in total. The largest absolute Gasteiger partial charge is 4.00 e. The summed E-state index contributed by atoms with van der Waals surface area (Å²) >= 11 is 0. The third kappa shape index (κ3) is 3730. The van der Waals surface area contributed by atoms with Gasteiger partial charge in [-0.25, -0.2) is 0 Å². The van der Waals surface area contributed by atoms with Crippen LogP contribution in [0.3, 0.4) is 0 Å². The van der Waals surface area contributed by atoms with Gasteiger partial charge in [-0.15, -0.1) is 0 Å². The second kappa shape index (κ2) is 10.7. The van der Waals surface area contributed by atoms with Crippen molar-refractivity contribution in [3.8, 4) is 0 Å². The number of carbonyl (C=O) groups excluding carboxylic acids is 2. The van der Waals surface area contributed by atoms with Gasteiger partial charge in [0.1, 0.15) is 0 Å². The molecule has 0 amide bonds. The van der Waals surface area contributed by atoms with Gasteiger partial charge in [-0.2, -0.15) is 0 Å². The molecule has 0 spiro atoms. The first kappa shape index (κ1) is 15.9. The van der Waals surface area contributed by atoms with Crippen LogP contribution in [-0.4, -0.2) is 35.8 Å². The Labute approximate surface area is 72.8 Å². The smallest absolute Gasteiger partial charge is 1.00 e. The second-order valence-electron chi connectivity index (χ2n) is 0.983. The molecule has 0 aromatic heterocycles. The predicted octanol–water partition coefficient (Wildman–Crippen LogP) is -2.64. The van der Waals surface area contributed by atoms with E-state index in [9.17, 15) is 0 Å². The zero-order chi connectivity index (χ0) is 7.15. The van der Waals surface area contributed by atoms with E-state index < -0.39 is 11.9 Å². The standard InChI is InChI=1S/2C2H4O2.Sn.2H/c2*1-2(3)4;;;/h2*1H3,(H,3,4);;;/q;;+4;2*-1/p-2. The fraction of sp³-hybridized carbons (Fsp3) is 0.500. The van der Waals surface area contributed by atoms with Crippen molar-refractivity contribution in [2.75, 3.05) is 0 Å². The molecule has 0 radical (unpaired) electrons. The van der Waals surface area contributed by atoms with Gasteiger partial charge >= 0.3 is 23.9 Å². The van der Waals surface area contributed by atoms with Gasteiger partial charge in [0.15, 0.2) is 0 Å². The number of rotatable bonds is 0. The van der Waals surface area contributed by atoms with E-state index in [1.54, 1.807) is 0 Å². The van der Waals surface area contributed by atoms with Crippen molar-refractivity contribution < 1.29 is 22.7 Å². The van der Waals surface area contributed by atoms with Crippen LogP contribution in [-0.2, 0) is 9.59 Å². The Morgan fingerprint density at radius 2 is 1.11 bits per heavy atom. The molecule has 0 aliphatic heterocycles. The first-order valence-electron chi connectivity index (χ1n) is 1.82. The molecule has 0 aliphatic carbocycles. The minimum absolute atomic E-state index is 0. The quantitative estimate of drug-likeness (QED) is 0.432. The first-order chi connectivity index (χ1) is 3.46. The van der Waals surface area contributed by atoms with E-state index in [-0.39, 0.29) is 26.8 Å². The molecular weight excluding hydrogens is 231 g/mol. The van der Waals surface area contributed by atoms with Gasteiger partial charge in [0.25, 0.3) is 0 Å². The molecule has 0 N–H and O–H groups in total. The minimum atomic E-state index is -1.08. The van der Waals surface area contributed by atoms with Crippen LogP contribution in [0.1, 0.15) is 16.7 Å². The van der Waals surface area contributed by atoms with Gasteiger partial charge in [0, 0.05) is 11.9 Å². The molecule has 0 aliphatic rings. The van der Waals surface area contributed by atoms with Gasteiger partial charge in [0.05, 0.1) is 0 Å². The first-order valence-corrected chi connectivity index (χ1v) is 1.82. The molecule has 0 unspecified atom stereocenters. The van der Waals surface area contributed by atoms with E-state index >= 15 is 0 Å². The number of aliphatic carboxylic acids is 2. The number of carbonyl (C=O) groups is 2. The average molecular weight is 239 g/mol. The summed E-state index contributed by atoms with van der Waals surface area (Å²) in [4.78, 5) is 17.8. The molecule has 0 heterocycles. The van der Waals surface area contributed by atoms with Crippen molar-refractivity contribution in [2.24, 2.45) is 0 Å². The molecule has 9 heavy (non-hydrogen) atoms. The summed E-state index contributed by atoms with van der Waals surface area (Å²) in [5.74, 6) is -2.17. The molecule has 0 aromatic carbocycles. The summed E-state index contributed by atoms with van der Waals surface area (Å²) in [6.45, 7) is 1.94. The zero-order valence-electron chi connectivity index (χ0n) is 7.13. The zero-order valence-corrected chi connectivity index (χ0v) is 7.99. The summed E-state index contributed by atoms with van der Waals surface area (Å²) in [7, 11) is 0. The third-order valence-electron chi connectivity index (χ3n) is 0. The molecule has 0 saturated carbocycles. The van der Waals surface area contributed by atoms with Crippen molar-refractivity contribution in [1.82, 2.24) is 0 Å². The van der Waals surface area contributed by atoms with Crippen molar-refractivity contribution in [1.29, 1.82) is 0 Å². The average Bonchev–Trinajstić information content (AvgIpc) is 1.25. The molecule has 52 valence electrons. The van der Waals surface area contributed by atoms with E-state index in [1.807, 2.05) is 0 Å². The van der Waals surface area contributed by atoms with Crippen LogP contribution < -0.4 is 10.2 Å². The maximum Gasteiger partial charge on any atom is 4.00 e. The van der Waals surface area contributed by atoms with Crippen molar-refractivity contribution in [3.05, 3.63) is 0 Å².